The number of nitrogens with one attached hydrogen (secondary N) is 2. The molecule has 2 amide bonds. The van der Waals surface area contributed by atoms with E-state index in [2.05, 4.69) is 10.1 Å². The minimum absolute atomic E-state index is 0.0428. The SMILES string of the molecule is COc1c(NC(=O)c2ccc(C)cc2)cccc1C(=O)Nc1c(Cl)cc(C(F)(C(F)(F)F)C(F)(F)F)cc1OC(F)F. The molecule has 2 N–H and O–H groups in total. The number of para-hydroxylation sites is 1. The summed E-state index contributed by atoms with van der Waals surface area (Å²) < 4.78 is 129. The first-order chi connectivity index (χ1) is 19.4. The normalized spacial score (nSPS) is 12.2. The fourth-order valence-electron chi connectivity index (χ4n) is 3.69. The van der Waals surface area contributed by atoms with Crippen LogP contribution in [0.4, 0.5) is 50.9 Å². The average Bonchev–Trinajstić information content (AvgIpc) is 2.88. The summed E-state index contributed by atoms with van der Waals surface area (Å²) in [6.45, 7) is -2.04. The standard InChI is InChI=1S/C26H18ClF9N2O4/c1-12-6-8-13(9-7-12)21(39)37-17-5-3-4-15(20(17)41-2)22(40)38-19-16(27)10-14(11-18(19)42-23(28)29)24(30,25(31,32)33)26(34,35)36/h3-11,23H,1-2H3,(H,37,39)(H,38,40). The molecule has 3 rings (SSSR count). The lowest BCUT2D eigenvalue weighted by molar-refractivity contribution is -0.348. The van der Waals surface area contributed by atoms with E-state index in [1.165, 1.54) is 24.3 Å². The molecular formula is C26H18ClF9N2O4. The van der Waals surface area contributed by atoms with Gasteiger partial charge in [-0.25, -0.2) is 4.39 Å². The van der Waals surface area contributed by atoms with E-state index in [1.54, 1.807) is 19.1 Å². The molecule has 0 bridgehead atoms. The molecule has 0 fully saturated rings. The molecule has 0 heterocycles. The molecule has 3 aromatic rings. The molecule has 0 aliphatic rings. The number of methoxy groups -OCH3 is 1. The molecule has 0 aliphatic heterocycles. The highest BCUT2D eigenvalue weighted by molar-refractivity contribution is 6.34. The molecule has 0 saturated carbocycles. The van der Waals surface area contributed by atoms with Crippen molar-refractivity contribution in [2.24, 2.45) is 0 Å². The van der Waals surface area contributed by atoms with Crippen LogP contribution in [-0.2, 0) is 5.67 Å². The number of amides is 2. The number of aryl methyl sites for hydroxylation is 1. The molecule has 0 aliphatic carbocycles. The van der Waals surface area contributed by atoms with Crippen LogP contribution in [0.15, 0.2) is 54.6 Å². The van der Waals surface area contributed by atoms with Gasteiger partial charge >= 0.3 is 24.6 Å². The number of hydrogen-bond acceptors (Lipinski definition) is 4. The first kappa shape index (κ1) is 32.4. The van der Waals surface area contributed by atoms with Gasteiger partial charge in [0.25, 0.3) is 11.8 Å². The Morgan fingerprint density at radius 2 is 1.45 bits per heavy atom. The van der Waals surface area contributed by atoms with Crippen LogP contribution in [0, 0.1) is 6.92 Å². The van der Waals surface area contributed by atoms with Gasteiger partial charge in [0.15, 0.2) is 11.5 Å². The van der Waals surface area contributed by atoms with Crippen molar-refractivity contribution in [2.75, 3.05) is 17.7 Å². The van der Waals surface area contributed by atoms with Crippen molar-refractivity contribution in [1.29, 1.82) is 0 Å². The minimum Gasteiger partial charge on any atom is -0.494 e. The van der Waals surface area contributed by atoms with Gasteiger partial charge in [0, 0.05) is 11.1 Å². The molecule has 3 aromatic carbocycles. The van der Waals surface area contributed by atoms with E-state index in [1.807, 2.05) is 5.32 Å². The third-order valence-electron chi connectivity index (χ3n) is 5.71. The number of rotatable bonds is 8. The van der Waals surface area contributed by atoms with Crippen molar-refractivity contribution in [3.63, 3.8) is 0 Å². The van der Waals surface area contributed by atoms with E-state index in [4.69, 9.17) is 16.3 Å². The van der Waals surface area contributed by atoms with Crippen LogP contribution >= 0.6 is 11.6 Å². The molecule has 0 aromatic heterocycles. The number of carbonyl (C=O) groups excluding carboxylic acids is 2. The smallest absolute Gasteiger partial charge is 0.435 e. The second kappa shape index (κ2) is 12.0. The molecule has 0 unspecified atom stereocenters. The Kier molecular flexibility index (Phi) is 9.25. The minimum atomic E-state index is -6.59. The van der Waals surface area contributed by atoms with Gasteiger partial charge in [0.2, 0.25) is 0 Å². The predicted octanol–water partition coefficient (Wildman–Crippen LogP) is 8.05. The van der Waals surface area contributed by atoms with Gasteiger partial charge in [-0.15, -0.1) is 0 Å². The maximum absolute atomic E-state index is 14.6. The van der Waals surface area contributed by atoms with Crippen LogP contribution in [-0.4, -0.2) is 37.9 Å². The number of carbonyl (C=O) groups is 2. The number of benzene rings is 3. The Hall–Kier alpha value is -4.14. The van der Waals surface area contributed by atoms with Gasteiger partial charge in [-0.05, 0) is 43.3 Å². The van der Waals surface area contributed by atoms with Crippen LogP contribution in [0.25, 0.3) is 0 Å². The maximum atomic E-state index is 14.6. The Morgan fingerprint density at radius 1 is 0.857 bits per heavy atom. The van der Waals surface area contributed by atoms with Gasteiger partial charge in [0.1, 0.15) is 5.69 Å². The lowest BCUT2D eigenvalue weighted by atomic mass is 9.93. The zero-order valence-electron chi connectivity index (χ0n) is 21.2. The van der Waals surface area contributed by atoms with Crippen molar-refractivity contribution in [1.82, 2.24) is 0 Å². The zero-order valence-corrected chi connectivity index (χ0v) is 21.9. The maximum Gasteiger partial charge on any atom is 0.435 e. The average molecular weight is 629 g/mol. The Morgan fingerprint density at radius 3 is 1.98 bits per heavy atom. The highest BCUT2D eigenvalue weighted by atomic mass is 35.5. The molecule has 0 atom stereocenters. The van der Waals surface area contributed by atoms with E-state index >= 15 is 0 Å². The Labute approximate surface area is 236 Å². The van der Waals surface area contributed by atoms with E-state index in [-0.39, 0.29) is 34.7 Å². The molecule has 0 saturated heterocycles. The largest absolute Gasteiger partial charge is 0.494 e. The van der Waals surface area contributed by atoms with Crippen molar-refractivity contribution in [2.45, 2.75) is 31.6 Å². The number of hydrogen-bond donors (Lipinski definition) is 2. The third-order valence-corrected chi connectivity index (χ3v) is 6.01. The molecule has 42 heavy (non-hydrogen) atoms. The first-order valence-electron chi connectivity index (χ1n) is 11.4. The quantitative estimate of drug-likeness (QED) is 0.248. The van der Waals surface area contributed by atoms with Crippen molar-refractivity contribution in [3.8, 4) is 11.5 Å². The molecule has 6 nitrogen and oxygen atoms in total. The van der Waals surface area contributed by atoms with Crippen LogP contribution in [0.2, 0.25) is 5.02 Å². The second-order valence-corrected chi connectivity index (χ2v) is 8.93. The van der Waals surface area contributed by atoms with Gasteiger partial charge < -0.3 is 20.1 Å². The molecule has 16 heteroatoms. The van der Waals surface area contributed by atoms with Crippen molar-refractivity contribution < 1.29 is 58.6 Å². The summed E-state index contributed by atoms with van der Waals surface area (Å²) in [5.74, 6) is -3.61. The first-order valence-corrected chi connectivity index (χ1v) is 11.8. The number of ether oxygens (including phenoxy) is 2. The van der Waals surface area contributed by atoms with Gasteiger partial charge in [-0.1, -0.05) is 35.4 Å². The summed E-state index contributed by atoms with van der Waals surface area (Å²) in [4.78, 5) is 25.7. The van der Waals surface area contributed by atoms with E-state index in [0.29, 0.717) is 0 Å². The fraction of sp³-hybridized carbons (Fsp3) is 0.231. The van der Waals surface area contributed by atoms with Crippen LogP contribution in [0.1, 0.15) is 31.8 Å². The third kappa shape index (κ3) is 6.50. The van der Waals surface area contributed by atoms with Gasteiger partial charge in [-0.2, -0.15) is 35.1 Å². The van der Waals surface area contributed by atoms with Crippen LogP contribution in [0.5, 0.6) is 11.5 Å². The highest BCUT2D eigenvalue weighted by Gasteiger charge is 2.73. The summed E-state index contributed by atoms with van der Waals surface area (Å²) in [7, 11) is 1.11. The predicted molar refractivity (Wildman–Crippen MR) is 133 cm³/mol. The highest BCUT2D eigenvalue weighted by Crippen LogP contribution is 2.55. The number of alkyl halides is 9. The lowest BCUT2D eigenvalue weighted by Crippen LogP contribution is -2.50. The summed E-state index contributed by atoms with van der Waals surface area (Å²) in [5, 5.41) is 3.25. The summed E-state index contributed by atoms with van der Waals surface area (Å²) in [6.07, 6.45) is -13.2. The summed E-state index contributed by atoms with van der Waals surface area (Å²) in [5.41, 5.74) is -8.57. The Bertz CT molecular complexity index is 1460. The monoisotopic (exact) mass is 628 g/mol. The summed E-state index contributed by atoms with van der Waals surface area (Å²) in [6, 6.07) is 9.68. The van der Waals surface area contributed by atoms with Gasteiger partial charge in [-0.3, -0.25) is 9.59 Å². The zero-order chi connectivity index (χ0) is 31.6. The fourth-order valence-corrected chi connectivity index (χ4v) is 3.95. The Balaban J connectivity index is 2.04. The van der Waals surface area contributed by atoms with E-state index in [9.17, 15) is 49.1 Å². The lowest BCUT2D eigenvalue weighted by Gasteiger charge is -2.31. The number of halogens is 10. The second-order valence-electron chi connectivity index (χ2n) is 8.52. The molecule has 0 radical (unpaired) electrons. The van der Waals surface area contributed by atoms with Crippen LogP contribution in [0.3, 0.4) is 0 Å². The molecule has 0 spiro atoms. The van der Waals surface area contributed by atoms with Crippen molar-refractivity contribution >= 4 is 34.8 Å². The molecule has 226 valence electrons. The van der Waals surface area contributed by atoms with E-state index in [0.717, 1.165) is 18.7 Å². The van der Waals surface area contributed by atoms with Crippen molar-refractivity contribution in [3.05, 3.63) is 81.9 Å². The molecular weight excluding hydrogens is 611 g/mol. The number of anilines is 2. The van der Waals surface area contributed by atoms with Crippen LogP contribution < -0.4 is 20.1 Å². The van der Waals surface area contributed by atoms with Gasteiger partial charge in [0.05, 0.1) is 23.4 Å². The van der Waals surface area contributed by atoms with E-state index < -0.39 is 58.5 Å². The summed E-state index contributed by atoms with van der Waals surface area (Å²) >= 11 is 5.78. The topological polar surface area (TPSA) is 76.7 Å².